The molecule has 0 aromatic carbocycles. The maximum Gasteiger partial charge on any atom is 2.00 e. The summed E-state index contributed by atoms with van der Waals surface area (Å²) in [7, 11) is 0. The monoisotopic (exact) mass is 211 g/mol. The second-order valence-corrected chi connectivity index (χ2v) is 2.76. The normalized spacial score (nSPS) is 11.5. The predicted octanol–water partition coefficient (Wildman–Crippen LogP) is -2.75. The Labute approximate surface area is 99.0 Å². The van der Waals surface area contributed by atoms with Crippen molar-refractivity contribution < 1.29 is 19.8 Å². The van der Waals surface area contributed by atoms with Gasteiger partial charge in [0, 0.05) is 12.4 Å². The molecule has 0 spiro atoms. The molecule has 6 heteroatoms. The van der Waals surface area contributed by atoms with Gasteiger partial charge in [0.15, 0.2) is 0 Å². The van der Waals surface area contributed by atoms with E-state index in [0.29, 0.717) is 6.54 Å². The Balaban J connectivity index is 0. The summed E-state index contributed by atoms with van der Waals surface area (Å²) in [5.41, 5.74) is 0. The fourth-order valence-corrected chi connectivity index (χ4v) is 0.859. The van der Waals surface area contributed by atoms with E-state index >= 15 is 0 Å². The molecule has 1 atom stereocenters. The first kappa shape index (κ1) is 16.1. The van der Waals surface area contributed by atoms with Gasteiger partial charge in [0.05, 0.1) is 12.0 Å². The van der Waals surface area contributed by atoms with Crippen LogP contribution in [-0.4, -0.2) is 47.6 Å². The van der Waals surface area contributed by atoms with Crippen molar-refractivity contribution in [3.63, 3.8) is 0 Å². The van der Waals surface area contributed by atoms with Crippen LogP contribution in [0.25, 0.3) is 0 Å². The van der Waals surface area contributed by atoms with E-state index in [0.717, 1.165) is 12.8 Å². The van der Waals surface area contributed by atoms with Crippen LogP contribution < -0.4 is 15.5 Å². The summed E-state index contributed by atoms with van der Waals surface area (Å²) in [5, 5.41) is 23.0. The van der Waals surface area contributed by atoms with Crippen molar-refractivity contribution >= 4 is 35.0 Å². The van der Waals surface area contributed by atoms with Crippen LogP contribution in [0.2, 0.25) is 0 Å². The number of carboxylic acid groups (broad SMARTS) is 2. The quantitative estimate of drug-likeness (QED) is 0.364. The summed E-state index contributed by atoms with van der Waals surface area (Å²) >= 11 is 0. The van der Waals surface area contributed by atoms with Crippen LogP contribution >= 0.6 is 0 Å². The van der Waals surface area contributed by atoms with Gasteiger partial charge in [-0.05, 0) is 13.0 Å². The molecular formula is C8H13MgNO4. The average Bonchev–Trinajstić information content (AvgIpc) is 2.02. The molecule has 0 saturated carbocycles. The summed E-state index contributed by atoms with van der Waals surface area (Å²) in [4.78, 5) is 20.5. The SMILES string of the molecule is CCCCN[C@H](CC(=O)[O-])C(=O)[O-].[Mg+2]. The predicted molar refractivity (Wildman–Crippen MR) is 47.1 cm³/mol. The largest absolute Gasteiger partial charge is 2.00 e. The van der Waals surface area contributed by atoms with Crippen molar-refractivity contribution in [3.8, 4) is 0 Å². The van der Waals surface area contributed by atoms with E-state index in [1.807, 2.05) is 6.92 Å². The van der Waals surface area contributed by atoms with Crippen LogP contribution in [0.3, 0.4) is 0 Å². The average molecular weight is 211 g/mol. The van der Waals surface area contributed by atoms with Crippen LogP contribution in [0.1, 0.15) is 26.2 Å². The first-order valence-corrected chi connectivity index (χ1v) is 4.22. The molecule has 0 heterocycles. The molecule has 1 N–H and O–H groups in total. The van der Waals surface area contributed by atoms with Gasteiger partial charge in [-0.1, -0.05) is 13.3 Å². The van der Waals surface area contributed by atoms with Crippen molar-refractivity contribution in [1.29, 1.82) is 0 Å². The van der Waals surface area contributed by atoms with Gasteiger partial charge in [-0.3, -0.25) is 0 Å². The topological polar surface area (TPSA) is 92.3 Å². The Morgan fingerprint density at radius 2 is 1.93 bits per heavy atom. The van der Waals surface area contributed by atoms with Crippen molar-refractivity contribution in [1.82, 2.24) is 5.32 Å². The molecule has 0 aliphatic heterocycles. The number of unbranched alkanes of at least 4 members (excludes halogenated alkanes) is 1. The van der Waals surface area contributed by atoms with Crippen LogP contribution in [0.4, 0.5) is 0 Å². The Morgan fingerprint density at radius 1 is 1.36 bits per heavy atom. The van der Waals surface area contributed by atoms with Crippen molar-refractivity contribution in [2.75, 3.05) is 6.54 Å². The van der Waals surface area contributed by atoms with Gasteiger partial charge < -0.3 is 25.1 Å². The van der Waals surface area contributed by atoms with E-state index in [1.165, 1.54) is 0 Å². The third kappa shape index (κ3) is 8.27. The maximum atomic E-state index is 10.4. The number of nitrogens with one attached hydrogen (secondary N) is 1. The van der Waals surface area contributed by atoms with Gasteiger partial charge in [-0.2, -0.15) is 0 Å². The molecule has 0 unspecified atom stereocenters. The molecule has 0 saturated heterocycles. The first-order chi connectivity index (χ1) is 6.07. The zero-order chi connectivity index (χ0) is 10.3. The number of rotatable bonds is 7. The minimum atomic E-state index is -1.40. The Hall–Kier alpha value is -0.334. The van der Waals surface area contributed by atoms with Gasteiger partial charge >= 0.3 is 23.1 Å². The summed E-state index contributed by atoms with van der Waals surface area (Å²) in [5.74, 6) is -2.79. The minimum absolute atomic E-state index is 0. The molecule has 0 rings (SSSR count). The van der Waals surface area contributed by atoms with E-state index in [4.69, 9.17) is 0 Å². The zero-order valence-electron chi connectivity index (χ0n) is 8.25. The van der Waals surface area contributed by atoms with E-state index < -0.39 is 24.4 Å². The molecule has 0 aromatic heterocycles. The molecule has 0 amide bonds. The Morgan fingerprint density at radius 3 is 2.29 bits per heavy atom. The van der Waals surface area contributed by atoms with E-state index in [9.17, 15) is 19.8 Å². The molecule has 0 fully saturated rings. The summed E-state index contributed by atoms with van der Waals surface area (Å²) < 4.78 is 0. The zero-order valence-corrected chi connectivity index (χ0v) is 9.66. The van der Waals surface area contributed by atoms with E-state index in [2.05, 4.69) is 5.32 Å². The van der Waals surface area contributed by atoms with Crippen molar-refractivity contribution in [3.05, 3.63) is 0 Å². The van der Waals surface area contributed by atoms with Crippen LogP contribution in [0.15, 0.2) is 0 Å². The van der Waals surface area contributed by atoms with E-state index in [1.54, 1.807) is 0 Å². The fourth-order valence-electron chi connectivity index (χ4n) is 0.859. The molecule has 0 bridgehead atoms. The fraction of sp³-hybridized carbons (Fsp3) is 0.750. The van der Waals surface area contributed by atoms with E-state index in [-0.39, 0.29) is 23.1 Å². The number of hydrogen-bond acceptors (Lipinski definition) is 5. The molecule has 0 aliphatic carbocycles. The number of carbonyl (C=O) groups is 2. The van der Waals surface area contributed by atoms with Gasteiger partial charge in [0.25, 0.3) is 0 Å². The van der Waals surface area contributed by atoms with Gasteiger partial charge in [0.2, 0.25) is 0 Å². The standard InChI is InChI=1S/C8H15NO4.Mg/c1-2-3-4-9-6(8(12)13)5-7(10)11;/h6,9H,2-5H2,1H3,(H,10,11)(H,12,13);/q;+2/p-2/t6-;/m1./s1. The molecule has 0 radical (unpaired) electrons. The van der Waals surface area contributed by atoms with Crippen LogP contribution in [0.5, 0.6) is 0 Å². The second-order valence-electron chi connectivity index (χ2n) is 2.76. The molecule has 76 valence electrons. The maximum absolute atomic E-state index is 10.4. The Kier molecular flexibility index (Phi) is 10.6. The molecule has 5 nitrogen and oxygen atoms in total. The summed E-state index contributed by atoms with van der Waals surface area (Å²) in [6.45, 7) is 2.43. The summed E-state index contributed by atoms with van der Waals surface area (Å²) in [6.07, 6.45) is 1.17. The number of carbonyl (C=O) groups excluding carboxylic acids is 2. The number of hydrogen-bond donors (Lipinski definition) is 1. The third-order valence-corrected chi connectivity index (χ3v) is 1.58. The number of carboxylic acids is 2. The molecular weight excluding hydrogens is 198 g/mol. The van der Waals surface area contributed by atoms with Gasteiger partial charge in [0.1, 0.15) is 0 Å². The number of aliphatic carboxylic acids is 2. The molecule has 0 aromatic rings. The van der Waals surface area contributed by atoms with Crippen LogP contribution in [-0.2, 0) is 9.59 Å². The van der Waals surface area contributed by atoms with Gasteiger partial charge in [-0.25, -0.2) is 0 Å². The van der Waals surface area contributed by atoms with Gasteiger partial charge in [-0.15, -0.1) is 0 Å². The minimum Gasteiger partial charge on any atom is -0.550 e. The molecule has 14 heavy (non-hydrogen) atoms. The third-order valence-electron chi connectivity index (χ3n) is 1.58. The van der Waals surface area contributed by atoms with Crippen molar-refractivity contribution in [2.45, 2.75) is 32.2 Å². The Bertz CT molecular complexity index is 186. The second kappa shape index (κ2) is 9.23. The first-order valence-electron chi connectivity index (χ1n) is 4.22. The smallest absolute Gasteiger partial charge is 0.550 e. The summed E-state index contributed by atoms with van der Waals surface area (Å²) in [6, 6.07) is -1.14. The van der Waals surface area contributed by atoms with Crippen LogP contribution in [0, 0.1) is 0 Å². The molecule has 0 aliphatic rings. The van der Waals surface area contributed by atoms with Crippen molar-refractivity contribution in [2.24, 2.45) is 0 Å².